The van der Waals surface area contributed by atoms with Crippen molar-refractivity contribution < 1.29 is 9.90 Å². The average molecular weight is 236 g/mol. The number of hydrogen-bond acceptors (Lipinski definition) is 2. The lowest BCUT2D eigenvalue weighted by Gasteiger charge is -2.47. The van der Waals surface area contributed by atoms with Gasteiger partial charge in [0.2, 0.25) is 0 Å². The predicted molar refractivity (Wildman–Crippen MR) is 68.6 cm³/mol. The van der Waals surface area contributed by atoms with Crippen LogP contribution < -0.4 is 0 Å². The maximum absolute atomic E-state index is 11.9. The zero-order valence-electron chi connectivity index (χ0n) is 11.4. The molecule has 0 aromatic rings. The summed E-state index contributed by atoms with van der Waals surface area (Å²) in [4.78, 5) is 11.9. The number of Topliss-reactive ketones (excluding diaryl/α,β-unsaturated/α-hetero) is 1. The number of hydrogen-bond donors (Lipinski definition) is 1. The molecule has 2 heteroatoms. The molecule has 0 aliphatic heterocycles. The average Bonchev–Trinajstić information content (AvgIpc) is 2.26. The Balaban J connectivity index is 2.37. The fourth-order valence-corrected chi connectivity index (χ4v) is 3.47. The van der Waals surface area contributed by atoms with Crippen LogP contribution in [0.5, 0.6) is 0 Å². The zero-order valence-corrected chi connectivity index (χ0v) is 11.4. The van der Waals surface area contributed by atoms with E-state index < -0.39 is 6.10 Å². The summed E-state index contributed by atoms with van der Waals surface area (Å²) in [5, 5.41) is 10.2. The van der Waals surface area contributed by atoms with Gasteiger partial charge in [-0.1, -0.05) is 26.3 Å². The molecule has 2 nitrogen and oxygen atoms in total. The number of aliphatic hydroxyl groups excluding tert-OH is 1. The third kappa shape index (κ3) is 1.97. The molecule has 2 aliphatic carbocycles. The largest absolute Gasteiger partial charge is 0.392 e. The summed E-state index contributed by atoms with van der Waals surface area (Å²) in [6, 6.07) is 0. The molecular formula is C15H24O2. The third-order valence-electron chi connectivity index (χ3n) is 5.12. The molecule has 96 valence electrons. The van der Waals surface area contributed by atoms with E-state index in [1.165, 1.54) is 12.0 Å². The van der Waals surface area contributed by atoms with E-state index in [4.69, 9.17) is 0 Å². The first kappa shape index (κ1) is 12.8. The van der Waals surface area contributed by atoms with Gasteiger partial charge in [-0.05, 0) is 43.6 Å². The van der Waals surface area contributed by atoms with Crippen LogP contribution >= 0.6 is 0 Å². The van der Waals surface area contributed by atoms with Crippen molar-refractivity contribution in [3.63, 3.8) is 0 Å². The van der Waals surface area contributed by atoms with Gasteiger partial charge in [0.05, 0.1) is 6.10 Å². The van der Waals surface area contributed by atoms with Gasteiger partial charge >= 0.3 is 0 Å². The normalized spacial score (nSPS) is 38.6. The first-order valence-electron chi connectivity index (χ1n) is 6.77. The molecule has 1 N–H and O–H groups in total. The van der Waals surface area contributed by atoms with Gasteiger partial charge in [-0.3, -0.25) is 4.79 Å². The summed E-state index contributed by atoms with van der Waals surface area (Å²) in [7, 11) is 0. The molecule has 1 fully saturated rings. The van der Waals surface area contributed by atoms with Gasteiger partial charge < -0.3 is 5.11 Å². The standard InChI is InChI=1S/C15H24O2/c1-9(2)11-5-6-15(4)12(7-11)10(3)13(16)8-14(15)17/h9,11,14,17H,5-8H2,1-4H3/t11-,14-,15-/m1/s1. The number of allylic oxidation sites excluding steroid dienone is 1. The van der Waals surface area contributed by atoms with E-state index in [2.05, 4.69) is 20.8 Å². The molecule has 1 saturated carbocycles. The summed E-state index contributed by atoms with van der Waals surface area (Å²) in [5.41, 5.74) is 2.04. The van der Waals surface area contributed by atoms with Crippen LogP contribution in [0.4, 0.5) is 0 Å². The molecule has 17 heavy (non-hydrogen) atoms. The summed E-state index contributed by atoms with van der Waals surface area (Å²) in [5.74, 6) is 1.48. The van der Waals surface area contributed by atoms with Crippen molar-refractivity contribution in [2.24, 2.45) is 17.3 Å². The minimum Gasteiger partial charge on any atom is -0.392 e. The fraction of sp³-hybridized carbons (Fsp3) is 0.800. The van der Waals surface area contributed by atoms with Gasteiger partial charge in [0, 0.05) is 11.8 Å². The zero-order chi connectivity index (χ0) is 12.8. The quantitative estimate of drug-likeness (QED) is 0.759. The van der Waals surface area contributed by atoms with E-state index in [9.17, 15) is 9.90 Å². The van der Waals surface area contributed by atoms with Gasteiger partial charge in [0.25, 0.3) is 0 Å². The third-order valence-corrected chi connectivity index (χ3v) is 5.12. The molecule has 2 aliphatic rings. The molecule has 0 heterocycles. The minimum atomic E-state index is -0.471. The van der Waals surface area contributed by atoms with E-state index >= 15 is 0 Å². The molecule has 0 radical (unpaired) electrons. The van der Waals surface area contributed by atoms with Gasteiger partial charge in [0.1, 0.15) is 0 Å². The van der Waals surface area contributed by atoms with Crippen LogP contribution in [-0.2, 0) is 4.79 Å². The highest BCUT2D eigenvalue weighted by molar-refractivity contribution is 5.97. The predicted octanol–water partition coefficient (Wildman–Crippen LogP) is 3.10. The van der Waals surface area contributed by atoms with E-state index in [0.717, 1.165) is 18.4 Å². The lowest BCUT2D eigenvalue weighted by atomic mass is 9.59. The highest BCUT2D eigenvalue weighted by Crippen LogP contribution is 2.51. The first-order chi connectivity index (χ1) is 7.86. The molecule has 0 saturated heterocycles. The van der Waals surface area contributed by atoms with E-state index in [1.807, 2.05) is 6.92 Å². The van der Waals surface area contributed by atoms with E-state index in [1.54, 1.807) is 0 Å². The minimum absolute atomic E-state index is 0.136. The maximum atomic E-state index is 11.9. The molecule has 3 atom stereocenters. The molecule has 0 aromatic carbocycles. The second kappa shape index (κ2) is 4.24. The lowest BCUT2D eigenvalue weighted by Crippen LogP contribution is -2.44. The second-order valence-corrected chi connectivity index (χ2v) is 6.41. The Kier molecular flexibility index (Phi) is 3.19. The topological polar surface area (TPSA) is 37.3 Å². The van der Waals surface area contributed by atoms with Gasteiger partial charge in [-0.15, -0.1) is 0 Å². The van der Waals surface area contributed by atoms with Crippen molar-refractivity contribution in [1.29, 1.82) is 0 Å². The number of carbonyl (C=O) groups is 1. The summed E-state index contributed by atoms with van der Waals surface area (Å²) in [6.45, 7) is 8.60. The Bertz CT molecular complexity index is 367. The molecule has 2 rings (SSSR count). The van der Waals surface area contributed by atoms with Crippen molar-refractivity contribution >= 4 is 5.78 Å². The Morgan fingerprint density at radius 3 is 2.59 bits per heavy atom. The number of carbonyl (C=O) groups excluding carboxylic acids is 1. The molecule has 0 bridgehead atoms. The monoisotopic (exact) mass is 236 g/mol. The number of ketones is 1. The van der Waals surface area contributed by atoms with Gasteiger partial charge in [-0.25, -0.2) is 0 Å². The lowest BCUT2D eigenvalue weighted by molar-refractivity contribution is -0.121. The van der Waals surface area contributed by atoms with Crippen molar-refractivity contribution in [3.8, 4) is 0 Å². The number of fused-ring (bicyclic) bond motifs is 1. The first-order valence-corrected chi connectivity index (χ1v) is 6.77. The number of rotatable bonds is 1. The number of aliphatic hydroxyl groups is 1. The summed E-state index contributed by atoms with van der Waals surface area (Å²) >= 11 is 0. The molecule has 0 spiro atoms. The van der Waals surface area contributed by atoms with Gasteiger partial charge in [0.15, 0.2) is 5.78 Å². The van der Waals surface area contributed by atoms with Crippen molar-refractivity contribution in [3.05, 3.63) is 11.1 Å². The molecular weight excluding hydrogens is 212 g/mol. The summed E-state index contributed by atoms with van der Waals surface area (Å²) in [6.07, 6.45) is 3.05. The van der Waals surface area contributed by atoms with Crippen LogP contribution in [-0.4, -0.2) is 17.0 Å². The van der Waals surface area contributed by atoms with Crippen LogP contribution in [0.1, 0.15) is 53.4 Å². The Hall–Kier alpha value is -0.630. The molecule has 0 aromatic heterocycles. The SMILES string of the molecule is CC1=C2C[C@H](C(C)C)CC[C@@]2(C)[C@H](O)CC1=O. The molecule has 0 amide bonds. The van der Waals surface area contributed by atoms with Gasteiger partial charge in [-0.2, -0.15) is 0 Å². The van der Waals surface area contributed by atoms with E-state index in [0.29, 0.717) is 18.3 Å². The van der Waals surface area contributed by atoms with Crippen LogP contribution in [0.15, 0.2) is 11.1 Å². The second-order valence-electron chi connectivity index (χ2n) is 6.41. The van der Waals surface area contributed by atoms with Crippen LogP contribution in [0, 0.1) is 17.3 Å². The van der Waals surface area contributed by atoms with Crippen molar-refractivity contribution in [2.75, 3.05) is 0 Å². The highest BCUT2D eigenvalue weighted by Gasteiger charge is 2.46. The van der Waals surface area contributed by atoms with Crippen LogP contribution in [0.25, 0.3) is 0 Å². The van der Waals surface area contributed by atoms with Crippen LogP contribution in [0.2, 0.25) is 0 Å². The Labute approximate surface area is 104 Å². The van der Waals surface area contributed by atoms with Crippen molar-refractivity contribution in [2.45, 2.75) is 59.5 Å². The smallest absolute Gasteiger partial charge is 0.161 e. The highest BCUT2D eigenvalue weighted by atomic mass is 16.3. The summed E-state index contributed by atoms with van der Waals surface area (Å²) < 4.78 is 0. The molecule has 0 unspecified atom stereocenters. The maximum Gasteiger partial charge on any atom is 0.161 e. The fourth-order valence-electron chi connectivity index (χ4n) is 3.47. The van der Waals surface area contributed by atoms with Crippen molar-refractivity contribution in [1.82, 2.24) is 0 Å². The van der Waals surface area contributed by atoms with E-state index in [-0.39, 0.29) is 11.2 Å². The Morgan fingerprint density at radius 1 is 1.35 bits per heavy atom. The van der Waals surface area contributed by atoms with Crippen LogP contribution in [0.3, 0.4) is 0 Å². The Morgan fingerprint density at radius 2 is 2.00 bits per heavy atom.